The van der Waals surface area contributed by atoms with Crippen molar-refractivity contribution in [2.24, 2.45) is 22.4 Å². The number of non-ortho nitro benzene ring substituents is 1. The maximum Gasteiger partial charge on any atom is 0.301 e. The molecule has 2 aromatic carbocycles. The summed E-state index contributed by atoms with van der Waals surface area (Å²) in [5, 5.41) is 36.9. The Bertz CT molecular complexity index is 1180. The lowest BCUT2D eigenvalue weighted by molar-refractivity contribution is -0.393. The predicted molar refractivity (Wildman–Crippen MR) is 124 cm³/mol. The largest absolute Gasteiger partial charge is 0.508 e. The SMILES string of the molecule is CC12CCC3c4ccc(O)cc4CCC3C1CC/C2=N\Nc1ccc([N+](=O)[O-])cc1[N+](=O)[O-]. The molecule has 0 bridgehead atoms. The van der Waals surface area contributed by atoms with Gasteiger partial charge in [0.1, 0.15) is 11.4 Å². The van der Waals surface area contributed by atoms with Gasteiger partial charge >= 0.3 is 5.69 Å². The van der Waals surface area contributed by atoms with Crippen molar-refractivity contribution in [3.63, 3.8) is 0 Å². The van der Waals surface area contributed by atoms with Crippen LogP contribution in [0.3, 0.4) is 0 Å². The van der Waals surface area contributed by atoms with Gasteiger partial charge in [-0.05, 0) is 85.6 Å². The number of aromatic hydroxyl groups is 1. The number of aryl methyl sites for hydroxylation is 1. The summed E-state index contributed by atoms with van der Waals surface area (Å²) in [5.41, 5.74) is 5.92. The summed E-state index contributed by atoms with van der Waals surface area (Å²) < 4.78 is 0. The molecule has 3 aliphatic carbocycles. The number of nitro groups is 2. The quantitative estimate of drug-likeness (QED) is 0.465. The third-order valence-electron chi connectivity index (χ3n) is 8.15. The molecule has 0 aliphatic heterocycles. The summed E-state index contributed by atoms with van der Waals surface area (Å²) in [6.45, 7) is 2.26. The van der Waals surface area contributed by atoms with Crippen molar-refractivity contribution < 1.29 is 15.0 Å². The first-order chi connectivity index (χ1) is 15.8. The highest BCUT2D eigenvalue weighted by Crippen LogP contribution is 2.60. The Hall–Kier alpha value is -3.49. The zero-order chi connectivity index (χ0) is 23.3. The number of nitrogens with zero attached hydrogens (tertiary/aromatic N) is 3. The Kier molecular flexibility index (Phi) is 5.07. The van der Waals surface area contributed by atoms with Crippen molar-refractivity contribution in [3.8, 4) is 5.75 Å². The Morgan fingerprint density at radius 2 is 1.88 bits per heavy atom. The third kappa shape index (κ3) is 3.51. The van der Waals surface area contributed by atoms with E-state index in [0.717, 1.165) is 50.3 Å². The predicted octanol–water partition coefficient (Wildman–Crippen LogP) is 5.53. The average molecular weight is 450 g/mol. The Balaban J connectivity index is 1.40. The van der Waals surface area contributed by atoms with E-state index in [9.17, 15) is 25.3 Å². The lowest BCUT2D eigenvalue weighted by Crippen LogP contribution is -2.42. The van der Waals surface area contributed by atoms with Crippen LogP contribution >= 0.6 is 0 Å². The van der Waals surface area contributed by atoms with Gasteiger partial charge in [0.2, 0.25) is 0 Å². The van der Waals surface area contributed by atoms with Crippen molar-refractivity contribution in [1.82, 2.24) is 0 Å². The van der Waals surface area contributed by atoms with Gasteiger partial charge in [-0.2, -0.15) is 5.10 Å². The van der Waals surface area contributed by atoms with E-state index in [0.29, 0.717) is 23.5 Å². The van der Waals surface area contributed by atoms with Crippen LogP contribution in [-0.2, 0) is 6.42 Å². The number of rotatable bonds is 4. The fourth-order valence-corrected chi connectivity index (χ4v) is 6.55. The first-order valence-corrected chi connectivity index (χ1v) is 11.4. The summed E-state index contributed by atoms with van der Waals surface area (Å²) in [7, 11) is 0. The Labute approximate surface area is 190 Å². The van der Waals surface area contributed by atoms with E-state index in [1.807, 2.05) is 6.07 Å². The number of nitrogens with one attached hydrogen (secondary N) is 1. The minimum Gasteiger partial charge on any atom is -0.508 e. The van der Waals surface area contributed by atoms with Crippen molar-refractivity contribution in [2.45, 2.75) is 51.4 Å². The minimum absolute atomic E-state index is 0.0713. The molecule has 0 spiro atoms. The van der Waals surface area contributed by atoms with Crippen LogP contribution in [0.25, 0.3) is 0 Å². The average Bonchev–Trinajstić information content (AvgIpc) is 3.13. The van der Waals surface area contributed by atoms with Crippen LogP contribution in [0.5, 0.6) is 5.75 Å². The lowest BCUT2D eigenvalue weighted by Gasteiger charge is -2.49. The number of benzene rings is 2. The van der Waals surface area contributed by atoms with Crippen LogP contribution in [0.1, 0.15) is 56.1 Å². The number of anilines is 1. The van der Waals surface area contributed by atoms with Gasteiger partial charge < -0.3 is 5.11 Å². The molecule has 2 N–H and O–H groups in total. The zero-order valence-corrected chi connectivity index (χ0v) is 18.4. The monoisotopic (exact) mass is 450 g/mol. The van der Waals surface area contributed by atoms with E-state index in [-0.39, 0.29) is 22.5 Å². The van der Waals surface area contributed by atoms with Gasteiger partial charge in [-0.25, -0.2) is 0 Å². The standard InChI is InChI=1S/C24H26N4O5/c1-24-11-10-18-17-6-4-16(29)12-14(17)2-5-19(18)20(24)7-9-23(24)26-25-21-8-3-15(27(30)31)13-22(21)28(32)33/h3-4,6,8,12-13,18-20,25,29H,2,5,7,9-11H2,1H3/b26-23+. The molecule has 4 unspecified atom stereocenters. The molecule has 5 rings (SSSR count). The molecular weight excluding hydrogens is 424 g/mol. The lowest BCUT2D eigenvalue weighted by atomic mass is 9.55. The van der Waals surface area contributed by atoms with E-state index in [4.69, 9.17) is 0 Å². The molecule has 0 radical (unpaired) electrons. The van der Waals surface area contributed by atoms with Crippen LogP contribution in [0.2, 0.25) is 0 Å². The van der Waals surface area contributed by atoms with Gasteiger partial charge in [0, 0.05) is 17.2 Å². The Morgan fingerprint density at radius 3 is 2.64 bits per heavy atom. The normalized spacial score (nSPS) is 29.1. The number of phenols is 1. The molecule has 0 aromatic heterocycles. The van der Waals surface area contributed by atoms with Gasteiger partial charge in [-0.15, -0.1) is 0 Å². The summed E-state index contributed by atoms with van der Waals surface area (Å²) in [6.07, 6.45) is 5.97. The summed E-state index contributed by atoms with van der Waals surface area (Å²) in [5.74, 6) is 1.87. The molecule has 9 nitrogen and oxygen atoms in total. The van der Waals surface area contributed by atoms with Crippen molar-refractivity contribution in [2.75, 3.05) is 5.43 Å². The van der Waals surface area contributed by atoms with Gasteiger partial charge in [0.05, 0.1) is 15.9 Å². The van der Waals surface area contributed by atoms with Crippen LogP contribution in [0.4, 0.5) is 17.1 Å². The number of fused-ring (bicyclic) bond motifs is 5. The maximum atomic E-state index is 11.4. The van der Waals surface area contributed by atoms with E-state index in [1.165, 1.54) is 23.3 Å². The Morgan fingerprint density at radius 1 is 1.06 bits per heavy atom. The topological polar surface area (TPSA) is 131 Å². The van der Waals surface area contributed by atoms with Gasteiger partial charge in [-0.1, -0.05) is 13.0 Å². The van der Waals surface area contributed by atoms with E-state index in [1.54, 1.807) is 6.07 Å². The number of phenolic OH excluding ortho intramolecular Hbond substituents is 1. The summed E-state index contributed by atoms with van der Waals surface area (Å²) >= 11 is 0. The second-order valence-corrected chi connectivity index (χ2v) is 9.68. The molecule has 4 atom stereocenters. The number of hydrogen-bond acceptors (Lipinski definition) is 7. The smallest absolute Gasteiger partial charge is 0.301 e. The highest BCUT2D eigenvalue weighted by molar-refractivity contribution is 5.93. The zero-order valence-electron chi connectivity index (χ0n) is 18.4. The maximum absolute atomic E-state index is 11.4. The second kappa shape index (κ2) is 7.83. The minimum atomic E-state index is -0.645. The molecular formula is C24H26N4O5. The highest BCUT2D eigenvalue weighted by atomic mass is 16.6. The molecule has 9 heteroatoms. The molecule has 3 aliphatic rings. The summed E-state index contributed by atoms with van der Waals surface area (Å²) in [6, 6.07) is 9.34. The van der Waals surface area contributed by atoms with Gasteiger partial charge in [-0.3, -0.25) is 25.7 Å². The highest BCUT2D eigenvalue weighted by Gasteiger charge is 2.53. The molecule has 33 heavy (non-hydrogen) atoms. The molecule has 2 aromatic rings. The van der Waals surface area contributed by atoms with E-state index >= 15 is 0 Å². The fourth-order valence-electron chi connectivity index (χ4n) is 6.55. The first-order valence-electron chi connectivity index (χ1n) is 11.4. The molecule has 0 heterocycles. The summed E-state index contributed by atoms with van der Waals surface area (Å²) in [4.78, 5) is 21.2. The van der Waals surface area contributed by atoms with Crippen molar-refractivity contribution in [3.05, 3.63) is 67.8 Å². The first kappa shape index (κ1) is 21.4. The number of hydrogen-bond donors (Lipinski definition) is 2. The number of nitro benzene ring substituents is 2. The molecule has 2 saturated carbocycles. The van der Waals surface area contributed by atoms with Gasteiger partial charge in [0.15, 0.2) is 0 Å². The van der Waals surface area contributed by atoms with E-state index in [2.05, 4.69) is 23.5 Å². The molecule has 0 amide bonds. The molecule has 2 fully saturated rings. The van der Waals surface area contributed by atoms with Crippen molar-refractivity contribution in [1.29, 1.82) is 0 Å². The third-order valence-corrected chi connectivity index (χ3v) is 8.15. The fraction of sp³-hybridized carbons (Fsp3) is 0.458. The number of hydrazone groups is 1. The second-order valence-electron chi connectivity index (χ2n) is 9.68. The molecule has 0 saturated heterocycles. The van der Waals surface area contributed by atoms with E-state index < -0.39 is 9.85 Å². The molecule has 172 valence electrons. The van der Waals surface area contributed by atoms with Crippen LogP contribution in [-0.4, -0.2) is 20.7 Å². The van der Waals surface area contributed by atoms with Gasteiger partial charge in [0.25, 0.3) is 5.69 Å². The van der Waals surface area contributed by atoms with Crippen LogP contribution in [0.15, 0.2) is 41.5 Å². The van der Waals surface area contributed by atoms with Crippen LogP contribution in [0, 0.1) is 37.5 Å². The van der Waals surface area contributed by atoms with Crippen molar-refractivity contribution >= 4 is 22.8 Å². The van der Waals surface area contributed by atoms with Crippen LogP contribution < -0.4 is 5.43 Å².